The van der Waals surface area contributed by atoms with Gasteiger partial charge in [-0.1, -0.05) is 6.07 Å². The molecule has 1 aromatic rings. The monoisotopic (exact) mass is 275 g/mol. The van der Waals surface area contributed by atoms with Crippen molar-refractivity contribution in [3.05, 3.63) is 29.3 Å². The number of hydrogen-bond donors (Lipinski definition) is 1. The normalized spacial score (nSPS) is 21.6. The lowest BCUT2D eigenvalue weighted by Gasteiger charge is -2.33. The molecule has 0 saturated carbocycles. The molecule has 0 amide bonds. The number of phenolic OH excluding ortho intramolecular Hbond substituents is 1. The largest absolute Gasteiger partial charge is 0.507 e. The molecule has 3 nitrogen and oxygen atoms in total. The third-order valence-electron chi connectivity index (χ3n) is 3.26. The van der Waals surface area contributed by atoms with Gasteiger partial charge in [-0.25, -0.2) is 0 Å². The lowest BCUT2D eigenvalue weighted by Crippen LogP contribution is -2.42. The van der Waals surface area contributed by atoms with Gasteiger partial charge in [-0.05, 0) is 24.6 Å². The lowest BCUT2D eigenvalue weighted by atomic mass is 10.1. The van der Waals surface area contributed by atoms with Crippen LogP contribution in [0.15, 0.2) is 18.2 Å². The molecule has 1 N–H and O–H groups in total. The van der Waals surface area contributed by atoms with Crippen molar-refractivity contribution in [3.8, 4) is 5.75 Å². The molecule has 1 atom stereocenters. The summed E-state index contributed by atoms with van der Waals surface area (Å²) in [5.74, 6) is -0.730. The molecular weight excluding hydrogens is 259 g/mol. The van der Waals surface area contributed by atoms with Crippen molar-refractivity contribution < 1.29 is 23.0 Å². The van der Waals surface area contributed by atoms with Gasteiger partial charge in [-0.3, -0.25) is 4.90 Å². The van der Waals surface area contributed by atoms with Crippen molar-refractivity contribution in [1.29, 1.82) is 0 Å². The van der Waals surface area contributed by atoms with E-state index in [1.807, 2.05) is 6.92 Å². The van der Waals surface area contributed by atoms with Crippen LogP contribution >= 0.6 is 0 Å². The second kappa shape index (κ2) is 5.38. The smallest absolute Gasteiger partial charge is 0.419 e. The summed E-state index contributed by atoms with van der Waals surface area (Å²) in [5.41, 5.74) is -0.440. The molecule has 1 saturated heterocycles. The van der Waals surface area contributed by atoms with Crippen LogP contribution in [0.4, 0.5) is 13.2 Å². The van der Waals surface area contributed by atoms with E-state index in [0.717, 1.165) is 12.1 Å². The fourth-order valence-electron chi connectivity index (χ4n) is 2.14. The Morgan fingerprint density at radius 3 is 2.79 bits per heavy atom. The number of nitrogens with zero attached hydrogens (tertiary/aromatic N) is 1. The van der Waals surface area contributed by atoms with Crippen LogP contribution in [0.2, 0.25) is 0 Å². The quantitative estimate of drug-likeness (QED) is 0.900. The Balaban J connectivity index is 2.17. The molecule has 19 heavy (non-hydrogen) atoms. The van der Waals surface area contributed by atoms with Crippen molar-refractivity contribution in [2.24, 2.45) is 0 Å². The van der Waals surface area contributed by atoms with Crippen LogP contribution in [0, 0.1) is 0 Å². The minimum absolute atomic E-state index is 0.178. The van der Waals surface area contributed by atoms with E-state index in [-0.39, 0.29) is 6.04 Å². The number of alkyl halides is 3. The highest BCUT2D eigenvalue weighted by Crippen LogP contribution is 2.36. The minimum Gasteiger partial charge on any atom is -0.507 e. The molecular formula is C13H16F3NO2. The van der Waals surface area contributed by atoms with Crippen LogP contribution < -0.4 is 0 Å². The van der Waals surface area contributed by atoms with Gasteiger partial charge in [0.25, 0.3) is 0 Å². The lowest BCUT2D eigenvalue weighted by molar-refractivity contribution is -0.138. The van der Waals surface area contributed by atoms with Crippen molar-refractivity contribution in [2.45, 2.75) is 25.7 Å². The first-order valence-electron chi connectivity index (χ1n) is 6.09. The Morgan fingerprint density at radius 2 is 2.16 bits per heavy atom. The second-order valence-electron chi connectivity index (χ2n) is 4.74. The van der Waals surface area contributed by atoms with Crippen LogP contribution in [-0.2, 0) is 17.5 Å². The molecule has 0 spiro atoms. The maximum atomic E-state index is 12.7. The van der Waals surface area contributed by atoms with Gasteiger partial charge >= 0.3 is 6.18 Å². The zero-order valence-electron chi connectivity index (χ0n) is 10.6. The summed E-state index contributed by atoms with van der Waals surface area (Å²) in [6, 6.07) is 3.81. The van der Waals surface area contributed by atoms with Crippen molar-refractivity contribution in [3.63, 3.8) is 0 Å². The van der Waals surface area contributed by atoms with Gasteiger partial charge < -0.3 is 9.84 Å². The number of ether oxygens (including phenoxy) is 1. The molecule has 1 aromatic carbocycles. The number of halogens is 3. The molecule has 0 radical (unpaired) electrons. The summed E-state index contributed by atoms with van der Waals surface area (Å²) in [6.07, 6.45) is -4.53. The summed E-state index contributed by atoms with van der Waals surface area (Å²) in [7, 11) is 0. The van der Waals surface area contributed by atoms with Crippen molar-refractivity contribution in [1.82, 2.24) is 4.90 Å². The number of phenols is 1. The second-order valence-corrected chi connectivity index (χ2v) is 4.74. The predicted molar refractivity (Wildman–Crippen MR) is 63.8 cm³/mol. The van der Waals surface area contributed by atoms with E-state index in [0.29, 0.717) is 31.9 Å². The SMILES string of the molecule is CC1COCCN1Cc1ccc(O)c(C(F)(F)F)c1. The predicted octanol–water partition coefficient (Wildman–Crippen LogP) is 2.63. The first-order valence-corrected chi connectivity index (χ1v) is 6.09. The topological polar surface area (TPSA) is 32.7 Å². The maximum Gasteiger partial charge on any atom is 0.419 e. The summed E-state index contributed by atoms with van der Waals surface area (Å²) in [5, 5.41) is 9.27. The van der Waals surface area contributed by atoms with E-state index < -0.39 is 17.5 Å². The molecule has 1 fully saturated rings. The van der Waals surface area contributed by atoms with Gasteiger partial charge in [0.2, 0.25) is 0 Å². The molecule has 106 valence electrons. The highest BCUT2D eigenvalue weighted by Gasteiger charge is 2.34. The van der Waals surface area contributed by atoms with Crippen LogP contribution in [0.1, 0.15) is 18.1 Å². The summed E-state index contributed by atoms with van der Waals surface area (Å²) < 4.78 is 43.4. The highest BCUT2D eigenvalue weighted by atomic mass is 19.4. The zero-order chi connectivity index (χ0) is 14.0. The van der Waals surface area contributed by atoms with Gasteiger partial charge in [0, 0.05) is 19.1 Å². The Labute approximate surface area is 109 Å². The maximum absolute atomic E-state index is 12.7. The summed E-state index contributed by atoms with van der Waals surface area (Å²) >= 11 is 0. The van der Waals surface area contributed by atoms with Gasteiger partial charge in [-0.15, -0.1) is 0 Å². The van der Waals surface area contributed by atoms with Gasteiger partial charge in [0.15, 0.2) is 0 Å². The molecule has 1 aliphatic heterocycles. The van der Waals surface area contributed by atoms with E-state index in [9.17, 15) is 18.3 Å². The Hall–Kier alpha value is -1.27. The van der Waals surface area contributed by atoms with E-state index in [4.69, 9.17) is 4.74 Å². The highest BCUT2D eigenvalue weighted by molar-refractivity contribution is 5.38. The third kappa shape index (κ3) is 3.39. The molecule has 0 bridgehead atoms. The average molecular weight is 275 g/mol. The summed E-state index contributed by atoms with van der Waals surface area (Å²) in [6.45, 7) is 4.28. The van der Waals surface area contributed by atoms with Crippen LogP contribution in [0.3, 0.4) is 0 Å². The molecule has 1 unspecified atom stereocenters. The first kappa shape index (κ1) is 14.1. The molecule has 0 aliphatic carbocycles. The van der Waals surface area contributed by atoms with Crippen LogP contribution in [-0.4, -0.2) is 35.8 Å². The first-order chi connectivity index (χ1) is 8.88. The van der Waals surface area contributed by atoms with Gasteiger partial charge in [-0.2, -0.15) is 13.2 Å². The average Bonchev–Trinajstić information content (AvgIpc) is 2.33. The molecule has 2 rings (SSSR count). The fourth-order valence-corrected chi connectivity index (χ4v) is 2.14. The Morgan fingerprint density at radius 1 is 1.42 bits per heavy atom. The number of benzene rings is 1. The minimum atomic E-state index is -4.53. The number of hydrogen-bond acceptors (Lipinski definition) is 3. The standard InChI is InChI=1S/C13H16F3NO2/c1-9-8-19-5-4-17(9)7-10-2-3-12(18)11(6-10)13(14,15)16/h2-3,6,9,18H,4-5,7-8H2,1H3. The summed E-state index contributed by atoms with van der Waals surface area (Å²) in [4.78, 5) is 2.07. The van der Waals surface area contributed by atoms with Gasteiger partial charge in [0.05, 0.1) is 18.8 Å². The molecule has 1 aliphatic rings. The zero-order valence-corrected chi connectivity index (χ0v) is 10.6. The number of rotatable bonds is 2. The third-order valence-corrected chi connectivity index (χ3v) is 3.26. The molecule has 1 heterocycles. The van der Waals surface area contributed by atoms with Crippen molar-refractivity contribution in [2.75, 3.05) is 19.8 Å². The van der Waals surface area contributed by atoms with E-state index in [1.165, 1.54) is 6.07 Å². The van der Waals surface area contributed by atoms with E-state index in [1.54, 1.807) is 0 Å². The Bertz CT molecular complexity index is 448. The number of aromatic hydroxyl groups is 1. The number of morpholine rings is 1. The van der Waals surface area contributed by atoms with E-state index in [2.05, 4.69) is 4.90 Å². The Kier molecular flexibility index (Phi) is 4.01. The van der Waals surface area contributed by atoms with Gasteiger partial charge in [0.1, 0.15) is 5.75 Å². The van der Waals surface area contributed by atoms with Crippen LogP contribution in [0.25, 0.3) is 0 Å². The van der Waals surface area contributed by atoms with E-state index >= 15 is 0 Å². The fraction of sp³-hybridized carbons (Fsp3) is 0.538. The van der Waals surface area contributed by atoms with Crippen LogP contribution in [0.5, 0.6) is 5.75 Å². The molecule has 0 aromatic heterocycles. The van der Waals surface area contributed by atoms with Crippen molar-refractivity contribution >= 4 is 0 Å². The molecule has 6 heteroatoms.